The van der Waals surface area contributed by atoms with Gasteiger partial charge in [0.05, 0.1) is 10.0 Å². The maximum atomic E-state index is 13.0. The van der Waals surface area contributed by atoms with E-state index in [-0.39, 0.29) is 11.5 Å². The quantitative estimate of drug-likeness (QED) is 0.393. The topological polar surface area (TPSA) is 96.7 Å². The third kappa shape index (κ3) is 3.82. The third-order valence-corrected chi connectivity index (χ3v) is 5.79. The molecule has 1 aliphatic rings. The number of nitrogens with zero attached hydrogens (tertiary/aromatic N) is 3. The fraction of sp³-hybridized carbons (Fsp3) is 0.182. The number of hydrogen-bond acceptors (Lipinski definition) is 5. The Bertz CT molecular complexity index is 1260. The van der Waals surface area contributed by atoms with Gasteiger partial charge in [-0.05, 0) is 56.2 Å². The molecule has 1 amide bonds. The summed E-state index contributed by atoms with van der Waals surface area (Å²) in [7, 11) is 0. The van der Waals surface area contributed by atoms with Gasteiger partial charge < -0.3 is 9.84 Å². The van der Waals surface area contributed by atoms with Gasteiger partial charge in [0.2, 0.25) is 0 Å². The van der Waals surface area contributed by atoms with Crippen molar-refractivity contribution < 1.29 is 9.32 Å². The molecule has 4 aromatic rings. The highest BCUT2D eigenvalue weighted by atomic mass is 35.5. The van der Waals surface area contributed by atoms with Crippen molar-refractivity contribution in [3.8, 4) is 22.6 Å². The summed E-state index contributed by atoms with van der Waals surface area (Å²) in [6.45, 7) is 1.67. The number of aromatic amines is 1. The number of halogens is 2. The molecule has 5 rings (SSSR count). The second-order valence-corrected chi connectivity index (χ2v) is 8.22. The molecule has 0 bridgehead atoms. The molecule has 2 aromatic heterocycles. The second kappa shape index (κ2) is 7.83. The number of aromatic nitrogens is 4. The predicted molar refractivity (Wildman–Crippen MR) is 118 cm³/mol. The van der Waals surface area contributed by atoms with E-state index >= 15 is 0 Å². The highest BCUT2D eigenvalue weighted by molar-refractivity contribution is 6.39. The molecule has 1 fully saturated rings. The molecule has 0 atom stereocenters. The molecule has 0 aliphatic heterocycles. The van der Waals surface area contributed by atoms with Gasteiger partial charge in [0, 0.05) is 22.7 Å². The number of benzene rings is 2. The fourth-order valence-corrected chi connectivity index (χ4v) is 3.95. The van der Waals surface area contributed by atoms with Crippen molar-refractivity contribution in [3.05, 3.63) is 69.7 Å². The van der Waals surface area contributed by atoms with Gasteiger partial charge in [0.15, 0.2) is 5.82 Å². The van der Waals surface area contributed by atoms with Crippen LogP contribution < -0.4 is 5.32 Å². The van der Waals surface area contributed by atoms with Crippen LogP contribution >= 0.6 is 23.2 Å². The summed E-state index contributed by atoms with van der Waals surface area (Å²) >= 11 is 12.6. The van der Waals surface area contributed by atoms with Gasteiger partial charge in [-0.2, -0.15) is 5.10 Å². The molecule has 0 radical (unpaired) electrons. The molecule has 1 saturated carbocycles. The molecule has 9 heteroatoms. The van der Waals surface area contributed by atoms with E-state index < -0.39 is 0 Å². The van der Waals surface area contributed by atoms with Crippen molar-refractivity contribution >= 4 is 34.8 Å². The monoisotopic (exact) mass is 453 g/mol. The largest absolute Gasteiger partial charge is 0.360 e. The number of hydrogen-bond donors (Lipinski definition) is 2. The molecular weight excluding hydrogens is 437 g/mol. The minimum atomic E-state index is -0.369. The van der Waals surface area contributed by atoms with Gasteiger partial charge in [-0.3, -0.25) is 9.89 Å². The molecule has 31 heavy (non-hydrogen) atoms. The Hall–Kier alpha value is -3.16. The Balaban J connectivity index is 1.39. The van der Waals surface area contributed by atoms with E-state index in [1.807, 2.05) is 12.1 Å². The third-order valence-electron chi connectivity index (χ3n) is 5.16. The zero-order valence-corrected chi connectivity index (χ0v) is 18.0. The van der Waals surface area contributed by atoms with Crippen molar-refractivity contribution in [2.24, 2.45) is 0 Å². The summed E-state index contributed by atoms with van der Waals surface area (Å²) in [6.07, 6.45) is 2.31. The van der Waals surface area contributed by atoms with Crippen molar-refractivity contribution in [2.45, 2.75) is 25.7 Å². The zero-order valence-electron chi connectivity index (χ0n) is 16.4. The molecule has 2 heterocycles. The van der Waals surface area contributed by atoms with Gasteiger partial charge in [-0.15, -0.1) is 0 Å². The van der Waals surface area contributed by atoms with Crippen LogP contribution in [0.4, 0.5) is 5.69 Å². The van der Waals surface area contributed by atoms with Crippen LogP contribution in [-0.2, 0) is 0 Å². The highest BCUT2D eigenvalue weighted by Gasteiger charge is 2.27. The number of nitrogens with one attached hydrogen (secondary N) is 2. The Kier molecular flexibility index (Phi) is 5.00. The van der Waals surface area contributed by atoms with Crippen LogP contribution in [0.15, 0.2) is 47.0 Å². The average molecular weight is 454 g/mol. The Morgan fingerprint density at radius 2 is 1.84 bits per heavy atom. The summed E-state index contributed by atoms with van der Waals surface area (Å²) in [6, 6.07) is 12.4. The van der Waals surface area contributed by atoms with E-state index in [9.17, 15) is 4.79 Å². The molecular formula is C22H17Cl2N5O2. The van der Waals surface area contributed by atoms with Gasteiger partial charge in [-0.1, -0.05) is 34.4 Å². The lowest BCUT2D eigenvalue weighted by molar-refractivity contribution is 0.102. The number of carbonyl (C=O) groups excluding carboxylic acids is 1. The summed E-state index contributed by atoms with van der Waals surface area (Å²) in [5.41, 5.74) is 2.52. The number of amides is 1. The molecule has 7 nitrogen and oxygen atoms in total. The van der Waals surface area contributed by atoms with Crippen LogP contribution in [-0.4, -0.2) is 26.2 Å². The highest BCUT2D eigenvalue weighted by Crippen LogP contribution is 2.39. The van der Waals surface area contributed by atoms with Gasteiger partial charge in [0.25, 0.3) is 5.91 Å². The lowest BCUT2D eigenvalue weighted by Gasteiger charge is -2.08. The summed E-state index contributed by atoms with van der Waals surface area (Å²) in [4.78, 5) is 17.6. The lowest BCUT2D eigenvalue weighted by atomic mass is 10.1. The minimum absolute atomic E-state index is 0.280. The zero-order chi connectivity index (χ0) is 21.5. The Morgan fingerprint density at radius 1 is 1.13 bits per heavy atom. The minimum Gasteiger partial charge on any atom is -0.360 e. The van der Waals surface area contributed by atoms with E-state index in [2.05, 4.69) is 25.7 Å². The Morgan fingerprint density at radius 3 is 2.52 bits per heavy atom. The molecule has 0 spiro atoms. The number of H-pyrrole nitrogens is 1. The number of rotatable bonds is 5. The first kappa shape index (κ1) is 19.8. The van der Waals surface area contributed by atoms with Crippen LogP contribution in [0.25, 0.3) is 22.6 Å². The van der Waals surface area contributed by atoms with E-state index in [4.69, 9.17) is 27.7 Å². The summed E-state index contributed by atoms with van der Waals surface area (Å²) in [5.74, 6) is 2.08. The van der Waals surface area contributed by atoms with Crippen molar-refractivity contribution in [2.75, 3.05) is 5.32 Å². The molecule has 0 saturated heterocycles. The smallest absolute Gasteiger partial charge is 0.261 e. The number of carbonyl (C=O) groups is 1. The van der Waals surface area contributed by atoms with Gasteiger partial charge >= 0.3 is 0 Å². The predicted octanol–water partition coefficient (Wildman–Crippen LogP) is 5.87. The van der Waals surface area contributed by atoms with Crippen molar-refractivity contribution in [3.63, 3.8) is 0 Å². The lowest BCUT2D eigenvalue weighted by Crippen LogP contribution is -2.13. The molecule has 2 N–H and O–H groups in total. The molecule has 156 valence electrons. The van der Waals surface area contributed by atoms with Crippen LogP contribution in [0.2, 0.25) is 10.0 Å². The van der Waals surface area contributed by atoms with Crippen LogP contribution in [0.5, 0.6) is 0 Å². The van der Waals surface area contributed by atoms with Crippen LogP contribution in [0.3, 0.4) is 0 Å². The average Bonchev–Trinajstić information content (AvgIpc) is 3.36. The first-order valence-electron chi connectivity index (χ1n) is 9.76. The van der Waals surface area contributed by atoms with Crippen molar-refractivity contribution in [1.82, 2.24) is 20.3 Å². The Labute approximate surface area is 187 Å². The standard InChI is InChI=1S/C22H17Cl2N5O2/c1-11-17(19(29-31-11)18-15(23)3-2-4-16(18)24)22(30)25-14-9-7-13(8-10-14)21-26-20(27-28-21)12-5-6-12/h2-4,7-10,12H,5-6H2,1H3,(H,25,30)(H,26,27,28). The van der Waals surface area contributed by atoms with Gasteiger partial charge in [-0.25, -0.2) is 4.98 Å². The maximum Gasteiger partial charge on any atom is 0.261 e. The first-order chi connectivity index (χ1) is 15.0. The molecule has 1 aliphatic carbocycles. The van der Waals surface area contributed by atoms with E-state index in [0.29, 0.717) is 44.5 Å². The maximum absolute atomic E-state index is 13.0. The first-order valence-corrected chi connectivity index (χ1v) is 10.5. The SMILES string of the molecule is Cc1onc(-c2c(Cl)cccc2Cl)c1C(=O)Nc1ccc(-c2n[nH]c(C3CC3)n2)cc1. The van der Waals surface area contributed by atoms with Crippen LogP contribution in [0.1, 0.15) is 40.7 Å². The van der Waals surface area contributed by atoms with Crippen LogP contribution in [0, 0.1) is 6.92 Å². The number of aryl methyl sites for hydroxylation is 1. The molecule has 0 unspecified atom stereocenters. The summed E-state index contributed by atoms with van der Waals surface area (Å²) in [5, 5.41) is 14.9. The van der Waals surface area contributed by atoms with E-state index in [0.717, 1.165) is 24.2 Å². The normalized spacial score (nSPS) is 13.4. The summed E-state index contributed by atoms with van der Waals surface area (Å²) < 4.78 is 5.27. The number of anilines is 1. The van der Waals surface area contributed by atoms with Crippen molar-refractivity contribution in [1.29, 1.82) is 0 Å². The van der Waals surface area contributed by atoms with Gasteiger partial charge in [0.1, 0.15) is 22.8 Å². The van der Waals surface area contributed by atoms with E-state index in [1.165, 1.54) is 0 Å². The molecule has 2 aromatic carbocycles. The fourth-order valence-electron chi connectivity index (χ4n) is 3.37. The second-order valence-electron chi connectivity index (χ2n) is 7.41. The van der Waals surface area contributed by atoms with E-state index in [1.54, 1.807) is 37.3 Å².